The fourth-order valence-electron chi connectivity index (χ4n) is 4.61. The lowest BCUT2D eigenvalue weighted by Crippen LogP contribution is -2.41. The summed E-state index contributed by atoms with van der Waals surface area (Å²) in [5.74, 6) is 0.478. The van der Waals surface area contributed by atoms with Crippen LogP contribution >= 0.6 is 11.6 Å². The fraction of sp³-hybridized carbons (Fsp3) is 0.450. The summed E-state index contributed by atoms with van der Waals surface area (Å²) in [4.78, 5) is 26.7. The van der Waals surface area contributed by atoms with Gasteiger partial charge in [0.2, 0.25) is 5.91 Å². The number of benzene rings is 1. The van der Waals surface area contributed by atoms with Gasteiger partial charge in [0.05, 0.1) is 11.2 Å². The van der Waals surface area contributed by atoms with Crippen molar-refractivity contribution in [2.45, 2.75) is 38.0 Å². The van der Waals surface area contributed by atoms with Crippen molar-refractivity contribution in [3.05, 3.63) is 51.8 Å². The van der Waals surface area contributed by atoms with Crippen LogP contribution in [0, 0.1) is 5.92 Å². The van der Waals surface area contributed by atoms with Gasteiger partial charge in [0.15, 0.2) is 5.69 Å². The minimum atomic E-state index is -0.162. The fourth-order valence-corrected chi connectivity index (χ4v) is 4.73. The number of piperidine rings is 1. The first-order valence-electron chi connectivity index (χ1n) is 9.54. The molecule has 28 heavy (non-hydrogen) atoms. The standard InChI is InChI=1S/C20H22ClN5O2/c1-25-16-10-26(11-20-7-13(20)6-17(27)23-20)9-15(16)18(24-25)19(28)22-8-12-2-4-14(21)5-3-12/h2-5,13H,6-11H2,1H3,(H,22,28)(H,23,27). The van der Waals surface area contributed by atoms with E-state index in [4.69, 9.17) is 11.6 Å². The Morgan fingerprint density at radius 3 is 2.86 bits per heavy atom. The molecule has 1 saturated carbocycles. The van der Waals surface area contributed by atoms with Gasteiger partial charge >= 0.3 is 0 Å². The third kappa shape index (κ3) is 2.99. The maximum atomic E-state index is 12.7. The average molecular weight is 400 g/mol. The van der Waals surface area contributed by atoms with E-state index in [9.17, 15) is 9.59 Å². The number of carbonyl (C=O) groups excluding carboxylic acids is 2. The highest BCUT2D eigenvalue weighted by Crippen LogP contribution is 2.51. The van der Waals surface area contributed by atoms with Crippen LogP contribution in [0.2, 0.25) is 5.02 Å². The minimum absolute atomic E-state index is 0.0381. The predicted molar refractivity (Wildman–Crippen MR) is 104 cm³/mol. The summed E-state index contributed by atoms with van der Waals surface area (Å²) < 4.78 is 1.81. The number of aromatic nitrogens is 2. The molecule has 1 aromatic heterocycles. The number of amides is 2. The van der Waals surface area contributed by atoms with Crippen LogP contribution < -0.4 is 10.6 Å². The Hall–Kier alpha value is -2.38. The molecule has 0 radical (unpaired) electrons. The molecule has 0 spiro atoms. The van der Waals surface area contributed by atoms with Crippen LogP contribution in [0.25, 0.3) is 0 Å². The number of carbonyl (C=O) groups is 2. The van der Waals surface area contributed by atoms with Gasteiger partial charge in [0.25, 0.3) is 5.91 Å². The van der Waals surface area contributed by atoms with E-state index in [0.29, 0.717) is 36.1 Å². The lowest BCUT2D eigenvalue weighted by molar-refractivity contribution is -0.120. The van der Waals surface area contributed by atoms with Crippen LogP contribution in [0.3, 0.4) is 0 Å². The number of fused-ring (bicyclic) bond motifs is 2. The molecule has 3 aliphatic rings. The zero-order chi connectivity index (χ0) is 19.5. The molecule has 1 saturated heterocycles. The summed E-state index contributed by atoms with van der Waals surface area (Å²) in [6, 6.07) is 7.42. The Labute approximate surface area is 168 Å². The Morgan fingerprint density at radius 1 is 1.36 bits per heavy atom. The second kappa shape index (κ2) is 6.32. The van der Waals surface area contributed by atoms with Gasteiger partial charge in [-0.3, -0.25) is 19.2 Å². The molecule has 3 heterocycles. The van der Waals surface area contributed by atoms with E-state index in [1.807, 2.05) is 36.0 Å². The number of aryl methyl sites for hydroxylation is 1. The lowest BCUT2D eigenvalue weighted by Gasteiger charge is -2.22. The summed E-state index contributed by atoms with van der Waals surface area (Å²) in [5, 5.41) is 11.2. The normalized spacial score (nSPS) is 25.4. The van der Waals surface area contributed by atoms with Crippen molar-refractivity contribution in [1.82, 2.24) is 25.3 Å². The Kier molecular flexibility index (Phi) is 4.00. The summed E-state index contributed by atoms with van der Waals surface area (Å²) in [7, 11) is 1.88. The zero-order valence-corrected chi connectivity index (χ0v) is 16.4. The van der Waals surface area contributed by atoms with Crippen LogP contribution in [-0.4, -0.2) is 38.6 Å². The third-order valence-corrected chi connectivity index (χ3v) is 6.42. The van der Waals surface area contributed by atoms with Crippen LogP contribution in [0.1, 0.15) is 40.2 Å². The highest BCUT2D eigenvalue weighted by molar-refractivity contribution is 6.30. The van der Waals surface area contributed by atoms with Gasteiger partial charge in [-0.2, -0.15) is 5.10 Å². The largest absolute Gasteiger partial charge is 0.349 e. The van der Waals surface area contributed by atoms with Gasteiger partial charge in [-0.15, -0.1) is 0 Å². The summed E-state index contributed by atoms with van der Waals surface area (Å²) >= 11 is 5.90. The number of halogens is 1. The predicted octanol–water partition coefficient (Wildman–Crippen LogP) is 1.60. The molecule has 146 valence electrons. The minimum Gasteiger partial charge on any atom is -0.349 e. The lowest BCUT2D eigenvalue weighted by atomic mass is 10.2. The molecular formula is C20H22ClN5O2. The summed E-state index contributed by atoms with van der Waals surface area (Å²) in [6.07, 6.45) is 1.72. The summed E-state index contributed by atoms with van der Waals surface area (Å²) in [5.41, 5.74) is 3.52. The molecule has 1 aromatic carbocycles. The molecule has 2 atom stereocenters. The van der Waals surface area contributed by atoms with Gasteiger partial charge in [-0.25, -0.2) is 0 Å². The average Bonchev–Trinajstić information content (AvgIpc) is 2.96. The Bertz CT molecular complexity index is 970. The first-order valence-corrected chi connectivity index (χ1v) is 9.92. The van der Waals surface area contributed by atoms with Gasteiger partial charge in [0, 0.05) is 50.2 Å². The van der Waals surface area contributed by atoms with Crippen molar-refractivity contribution in [3.8, 4) is 0 Å². The van der Waals surface area contributed by atoms with E-state index in [2.05, 4.69) is 20.6 Å². The first-order chi connectivity index (χ1) is 13.4. The Morgan fingerprint density at radius 2 is 2.14 bits per heavy atom. The maximum absolute atomic E-state index is 12.7. The Balaban J connectivity index is 1.26. The molecule has 8 heteroatoms. The summed E-state index contributed by atoms with van der Waals surface area (Å²) in [6.45, 7) is 2.72. The van der Waals surface area contributed by atoms with Crippen LogP contribution in [0.5, 0.6) is 0 Å². The smallest absolute Gasteiger partial charge is 0.272 e. The van der Waals surface area contributed by atoms with Crippen molar-refractivity contribution in [3.63, 3.8) is 0 Å². The van der Waals surface area contributed by atoms with Crippen molar-refractivity contribution in [2.24, 2.45) is 13.0 Å². The maximum Gasteiger partial charge on any atom is 0.272 e. The van der Waals surface area contributed by atoms with Crippen molar-refractivity contribution in [1.29, 1.82) is 0 Å². The molecule has 2 aromatic rings. The number of hydrogen-bond acceptors (Lipinski definition) is 4. The highest BCUT2D eigenvalue weighted by Gasteiger charge is 2.61. The number of rotatable bonds is 5. The van der Waals surface area contributed by atoms with E-state index in [1.165, 1.54) is 0 Å². The van der Waals surface area contributed by atoms with E-state index in [0.717, 1.165) is 36.3 Å². The van der Waals surface area contributed by atoms with Crippen LogP contribution in [-0.2, 0) is 31.5 Å². The number of nitrogens with one attached hydrogen (secondary N) is 2. The molecule has 0 bridgehead atoms. The number of hydrogen-bond donors (Lipinski definition) is 2. The second-order valence-corrected chi connectivity index (χ2v) is 8.60. The molecule has 1 aliphatic carbocycles. The van der Waals surface area contributed by atoms with E-state index < -0.39 is 0 Å². The second-order valence-electron chi connectivity index (χ2n) is 8.16. The SMILES string of the molecule is Cn1nc(C(=O)NCc2ccc(Cl)cc2)c2c1CN(CC13CC1CC(=O)N3)C2. The molecule has 5 rings (SSSR count). The molecular weight excluding hydrogens is 378 g/mol. The van der Waals surface area contributed by atoms with E-state index in [1.54, 1.807) is 0 Å². The van der Waals surface area contributed by atoms with Crippen LogP contribution in [0.15, 0.2) is 24.3 Å². The molecule has 2 amide bonds. The van der Waals surface area contributed by atoms with Gasteiger partial charge in [-0.05, 0) is 30.0 Å². The molecule has 2 N–H and O–H groups in total. The third-order valence-electron chi connectivity index (χ3n) is 6.17. The van der Waals surface area contributed by atoms with E-state index in [-0.39, 0.29) is 17.4 Å². The molecule has 2 unspecified atom stereocenters. The van der Waals surface area contributed by atoms with Gasteiger partial charge in [0.1, 0.15) is 0 Å². The monoisotopic (exact) mass is 399 g/mol. The van der Waals surface area contributed by atoms with Crippen molar-refractivity contribution < 1.29 is 9.59 Å². The first kappa shape index (κ1) is 17.7. The number of nitrogens with zero attached hydrogens (tertiary/aromatic N) is 3. The van der Waals surface area contributed by atoms with E-state index >= 15 is 0 Å². The molecule has 2 fully saturated rings. The highest BCUT2D eigenvalue weighted by atomic mass is 35.5. The molecule has 2 aliphatic heterocycles. The quantitative estimate of drug-likeness (QED) is 0.800. The topological polar surface area (TPSA) is 79.3 Å². The van der Waals surface area contributed by atoms with Gasteiger partial charge < -0.3 is 10.6 Å². The van der Waals surface area contributed by atoms with Crippen molar-refractivity contribution in [2.75, 3.05) is 6.54 Å². The zero-order valence-electron chi connectivity index (χ0n) is 15.7. The van der Waals surface area contributed by atoms with Crippen molar-refractivity contribution >= 4 is 23.4 Å². The van der Waals surface area contributed by atoms with Crippen LogP contribution in [0.4, 0.5) is 0 Å². The molecule has 7 nitrogen and oxygen atoms in total. The van der Waals surface area contributed by atoms with Gasteiger partial charge in [-0.1, -0.05) is 23.7 Å².